The summed E-state index contributed by atoms with van der Waals surface area (Å²) in [5.74, 6) is -0.172. The molecule has 1 aromatic heterocycles. The van der Waals surface area contributed by atoms with Crippen molar-refractivity contribution in [1.82, 2.24) is 9.88 Å². The van der Waals surface area contributed by atoms with Crippen molar-refractivity contribution in [3.63, 3.8) is 0 Å². The highest BCUT2D eigenvalue weighted by molar-refractivity contribution is 7.16. The highest BCUT2D eigenvalue weighted by Gasteiger charge is 2.34. The minimum atomic E-state index is -0.213. The molecule has 2 amide bonds. The van der Waals surface area contributed by atoms with Crippen molar-refractivity contribution in [2.75, 3.05) is 18.4 Å². The number of aromatic nitrogens is 1. The molecule has 4 rings (SSSR count). The number of fused-ring (bicyclic) bond motifs is 1. The van der Waals surface area contributed by atoms with Crippen LogP contribution in [0, 0.1) is 0 Å². The van der Waals surface area contributed by atoms with Crippen LogP contribution in [0.4, 0.5) is 5.13 Å². The Hall–Kier alpha value is -1.92. The predicted molar refractivity (Wildman–Crippen MR) is 103 cm³/mol. The molecule has 1 unspecified atom stereocenters. The summed E-state index contributed by atoms with van der Waals surface area (Å²) in [5.41, 5.74) is 1.40. The van der Waals surface area contributed by atoms with Gasteiger partial charge in [-0.05, 0) is 56.4 Å². The average molecular weight is 390 g/mol. The first-order valence-electron chi connectivity index (χ1n) is 8.97. The molecule has 2 aliphatic rings. The minimum Gasteiger partial charge on any atom is -0.342 e. The maximum atomic E-state index is 12.8. The summed E-state index contributed by atoms with van der Waals surface area (Å²) in [6.07, 6.45) is 4.93. The molecule has 26 heavy (non-hydrogen) atoms. The van der Waals surface area contributed by atoms with Gasteiger partial charge in [0.05, 0.1) is 11.6 Å². The van der Waals surface area contributed by atoms with E-state index in [1.807, 2.05) is 4.90 Å². The van der Waals surface area contributed by atoms with Gasteiger partial charge in [-0.25, -0.2) is 4.98 Å². The van der Waals surface area contributed by atoms with Crippen LogP contribution in [-0.2, 0) is 11.2 Å². The number of hydrogen-bond acceptors (Lipinski definition) is 4. The van der Waals surface area contributed by atoms with Gasteiger partial charge < -0.3 is 4.90 Å². The number of likely N-dealkylation sites (tertiary alicyclic amines) is 1. The first-order chi connectivity index (χ1) is 12.6. The summed E-state index contributed by atoms with van der Waals surface area (Å²) < 4.78 is 0. The van der Waals surface area contributed by atoms with Gasteiger partial charge in [0.1, 0.15) is 0 Å². The second-order valence-electron chi connectivity index (χ2n) is 6.77. The van der Waals surface area contributed by atoms with Crippen LogP contribution >= 0.6 is 22.9 Å². The van der Waals surface area contributed by atoms with Crippen molar-refractivity contribution in [3.8, 4) is 0 Å². The minimum absolute atomic E-state index is 0.158. The number of carbonyl (C=O) groups is 2. The first-order valence-corrected chi connectivity index (χ1v) is 10.2. The Kier molecular flexibility index (Phi) is 4.96. The molecular formula is C19H20ClN3O2S. The highest BCUT2D eigenvalue weighted by Crippen LogP contribution is 2.38. The summed E-state index contributed by atoms with van der Waals surface area (Å²) >= 11 is 7.35. The summed E-state index contributed by atoms with van der Waals surface area (Å²) in [7, 11) is 0. The van der Waals surface area contributed by atoms with Gasteiger partial charge in [-0.3, -0.25) is 14.9 Å². The number of rotatable bonds is 3. The number of thiazole rings is 1. The zero-order valence-electron chi connectivity index (χ0n) is 14.3. The molecule has 0 bridgehead atoms. The van der Waals surface area contributed by atoms with Crippen molar-refractivity contribution in [2.24, 2.45) is 0 Å². The normalized spacial score (nSPS) is 19.3. The lowest BCUT2D eigenvalue weighted by molar-refractivity contribution is -0.132. The quantitative estimate of drug-likeness (QED) is 0.859. The zero-order valence-corrected chi connectivity index (χ0v) is 15.9. The van der Waals surface area contributed by atoms with E-state index in [0.29, 0.717) is 15.7 Å². The molecule has 1 saturated heterocycles. The predicted octanol–water partition coefficient (Wildman–Crippen LogP) is 4.09. The molecule has 1 atom stereocenters. The van der Waals surface area contributed by atoms with Crippen molar-refractivity contribution in [1.29, 1.82) is 0 Å². The maximum absolute atomic E-state index is 12.8. The van der Waals surface area contributed by atoms with E-state index >= 15 is 0 Å². The topological polar surface area (TPSA) is 62.3 Å². The van der Waals surface area contributed by atoms with Gasteiger partial charge in [-0.2, -0.15) is 0 Å². The Balaban J connectivity index is 1.52. The molecule has 1 N–H and O–H groups in total. The standard InChI is InChI=1S/C19H20ClN3O2S/c20-13-8-6-12(7-9-13)17(24)22-19-21-16-14(4-3-5-15(16)26-19)18(25)23-10-1-2-11-23/h6-9,14H,1-5,10-11H2,(H,21,22,24). The van der Waals surface area contributed by atoms with Crippen LogP contribution in [0.3, 0.4) is 0 Å². The van der Waals surface area contributed by atoms with Crippen molar-refractivity contribution < 1.29 is 9.59 Å². The van der Waals surface area contributed by atoms with Gasteiger partial charge in [0, 0.05) is 28.6 Å². The van der Waals surface area contributed by atoms with Gasteiger partial charge >= 0.3 is 0 Å². The summed E-state index contributed by atoms with van der Waals surface area (Å²) in [6, 6.07) is 6.75. The van der Waals surface area contributed by atoms with Crippen LogP contribution in [0.1, 0.15) is 52.5 Å². The number of halogens is 1. The molecule has 2 aromatic rings. The smallest absolute Gasteiger partial charge is 0.257 e. The number of hydrogen-bond donors (Lipinski definition) is 1. The van der Waals surface area contributed by atoms with E-state index in [0.717, 1.165) is 55.8 Å². The first kappa shape index (κ1) is 17.5. The summed E-state index contributed by atoms with van der Waals surface area (Å²) in [6.45, 7) is 1.71. The van der Waals surface area contributed by atoms with Crippen molar-refractivity contribution in [3.05, 3.63) is 45.4 Å². The molecule has 1 aliphatic carbocycles. The fourth-order valence-electron chi connectivity index (χ4n) is 3.64. The molecule has 5 nitrogen and oxygen atoms in total. The number of aryl methyl sites for hydroxylation is 1. The van der Waals surface area contributed by atoms with Crippen LogP contribution in [0.15, 0.2) is 24.3 Å². The molecule has 1 aliphatic heterocycles. The van der Waals surface area contributed by atoms with Gasteiger partial charge in [-0.1, -0.05) is 11.6 Å². The molecule has 1 fully saturated rings. The van der Waals surface area contributed by atoms with E-state index < -0.39 is 0 Å². The van der Waals surface area contributed by atoms with E-state index in [-0.39, 0.29) is 17.7 Å². The SMILES string of the molecule is O=C(Nc1nc2c(s1)CCCC2C(=O)N1CCCC1)c1ccc(Cl)cc1. The number of nitrogens with one attached hydrogen (secondary N) is 1. The molecule has 1 aromatic carbocycles. The third kappa shape index (κ3) is 3.48. The fraction of sp³-hybridized carbons (Fsp3) is 0.421. The molecule has 0 radical (unpaired) electrons. The second-order valence-corrected chi connectivity index (χ2v) is 8.29. The van der Waals surface area contributed by atoms with Crippen LogP contribution in [0.5, 0.6) is 0 Å². The van der Waals surface area contributed by atoms with E-state index in [4.69, 9.17) is 11.6 Å². The van der Waals surface area contributed by atoms with E-state index in [1.165, 1.54) is 11.3 Å². The summed E-state index contributed by atoms with van der Waals surface area (Å²) in [5, 5.41) is 4.02. The third-order valence-electron chi connectivity index (χ3n) is 5.00. The Bertz CT molecular complexity index is 828. The molecule has 2 heterocycles. The van der Waals surface area contributed by atoms with Crippen LogP contribution in [0.2, 0.25) is 5.02 Å². The number of anilines is 1. The molecule has 0 spiro atoms. The molecule has 7 heteroatoms. The third-order valence-corrected chi connectivity index (χ3v) is 6.30. The lowest BCUT2D eigenvalue weighted by Gasteiger charge is -2.25. The van der Waals surface area contributed by atoms with Gasteiger partial charge in [0.15, 0.2) is 5.13 Å². The Morgan fingerprint density at radius 2 is 1.88 bits per heavy atom. The Morgan fingerprint density at radius 1 is 1.15 bits per heavy atom. The van der Waals surface area contributed by atoms with Crippen LogP contribution in [0.25, 0.3) is 0 Å². The van der Waals surface area contributed by atoms with Crippen molar-refractivity contribution in [2.45, 2.75) is 38.0 Å². The van der Waals surface area contributed by atoms with E-state index in [1.54, 1.807) is 24.3 Å². The molecule has 136 valence electrons. The van der Waals surface area contributed by atoms with E-state index in [9.17, 15) is 9.59 Å². The largest absolute Gasteiger partial charge is 0.342 e. The van der Waals surface area contributed by atoms with Crippen LogP contribution < -0.4 is 5.32 Å². The Labute approximate surface area is 161 Å². The monoisotopic (exact) mass is 389 g/mol. The Morgan fingerprint density at radius 3 is 2.62 bits per heavy atom. The number of carbonyl (C=O) groups excluding carboxylic acids is 2. The fourth-order valence-corrected chi connectivity index (χ4v) is 4.83. The highest BCUT2D eigenvalue weighted by atomic mass is 35.5. The van der Waals surface area contributed by atoms with Gasteiger partial charge in [0.25, 0.3) is 5.91 Å². The number of nitrogens with zero attached hydrogens (tertiary/aromatic N) is 2. The number of benzene rings is 1. The number of amides is 2. The average Bonchev–Trinajstić information content (AvgIpc) is 3.30. The second kappa shape index (κ2) is 7.37. The summed E-state index contributed by atoms with van der Waals surface area (Å²) in [4.78, 5) is 32.9. The van der Waals surface area contributed by atoms with E-state index in [2.05, 4.69) is 10.3 Å². The molecular weight excluding hydrogens is 370 g/mol. The van der Waals surface area contributed by atoms with Gasteiger partial charge in [-0.15, -0.1) is 11.3 Å². The zero-order chi connectivity index (χ0) is 18.1. The van der Waals surface area contributed by atoms with Crippen LogP contribution in [-0.4, -0.2) is 34.8 Å². The van der Waals surface area contributed by atoms with Gasteiger partial charge in [0.2, 0.25) is 5.91 Å². The lowest BCUT2D eigenvalue weighted by Crippen LogP contribution is -2.34. The maximum Gasteiger partial charge on any atom is 0.257 e. The lowest BCUT2D eigenvalue weighted by atomic mass is 9.90. The molecule has 0 saturated carbocycles. The van der Waals surface area contributed by atoms with Crippen molar-refractivity contribution >= 4 is 39.9 Å².